The molecule has 0 bridgehead atoms. The van der Waals surface area contributed by atoms with E-state index in [1.54, 1.807) is 32.0 Å². The van der Waals surface area contributed by atoms with Gasteiger partial charge in [-0.25, -0.2) is 9.97 Å². The van der Waals surface area contributed by atoms with E-state index in [9.17, 15) is 44.3 Å². The first-order valence-corrected chi connectivity index (χ1v) is 16.0. The molecule has 0 spiro atoms. The highest BCUT2D eigenvalue weighted by atomic mass is 19.4. The number of hydrogen-bond donors (Lipinski definition) is 1. The van der Waals surface area contributed by atoms with Crippen molar-refractivity contribution in [2.75, 3.05) is 25.2 Å². The standard InChI is InChI=1S/C36H34F9N3O5/c1-4-52-21(2)23-7-10-31(51-3)30(15-23)29-9-8-25(34(37,38)39)14-24(29)20-48(33-46-17-28(18-47-33)53-11-5-6-32(49)50)19-22-12-26(35(40,41)42)16-27(13-22)36(43,44)45/h7-10,12-18,21H,4-6,11,19-20H2,1-3H3,(H,49,50). The van der Waals surface area contributed by atoms with Crippen LogP contribution in [0.2, 0.25) is 0 Å². The number of ether oxygens (including phenoxy) is 3. The summed E-state index contributed by atoms with van der Waals surface area (Å²) in [4.78, 5) is 20.2. The minimum Gasteiger partial charge on any atom is -0.496 e. The summed E-state index contributed by atoms with van der Waals surface area (Å²) in [6.07, 6.45) is -13.4. The fourth-order valence-electron chi connectivity index (χ4n) is 5.39. The summed E-state index contributed by atoms with van der Waals surface area (Å²) in [5.74, 6) is -1.01. The van der Waals surface area contributed by atoms with Crippen LogP contribution in [0.15, 0.2) is 67.0 Å². The number of carboxylic acid groups (broad SMARTS) is 1. The average Bonchev–Trinajstić information content (AvgIpc) is 3.08. The van der Waals surface area contributed by atoms with Gasteiger partial charge in [-0.3, -0.25) is 4.79 Å². The number of anilines is 1. The fourth-order valence-corrected chi connectivity index (χ4v) is 5.39. The van der Waals surface area contributed by atoms with Crippen LogP contribution in [0, 0.1) is 0 Å². The summed E-state index contributed by atoms with van der Waals surface area (Å²) < 4.78 is 142. The Morgan fingerprint density at radius 1 is 0.811 bits per heavy atom. The summed E-state index contributed by atoms with van der Waals surface area (Å²) in [5, 5.41) is 8.83. The molecule has 1 heterocycles. The number of alkyl halides is 9. The molecule has 17 heteroatoms. The predicted molar refractivity (Wildman–Crippen MR) is 174 cm³/mol. The summed E-state index contributed by atoms with van der Waals surface area (Å²) in [7, 11) is 1.35. The first-order chi connectivity index (χ1) is 24.8. The van der Waals surface area contributed by atoms with E-state index in [0.717, 1.165) is 29.4 Å². The van der Waals surface area contributed by atoms with Crippen LogP contribution in [0.4, 0.5) is 45.5 Å². The molecule has 1 unspecified atom stereocenters. The smallest absolute Gasteiger partial charge is 0.416 e. The van der Waals surface area contributed by atoms with Crippen LogP contribution in [0.1, 0.15) is 66.2 Å². The lowest BCUT2D eigenvalue weighted by Gasteiger charge is -2.26. The van der Waals surface area contributed by atoms with Gasteiger partial charge in [0.05, 0.1) is 48.9 Å². The van der Waals surface area contributed by atoms with Crippen LogP contribution < -0.4 is 14.4 Å². The number of carboxylic acids is 1. The van der Waals surface area contributed by atoms with Gasteiger partial charge in [0.25, 0.3) is 0 Å². The van der Waals surface area contributed by atoms with Crippen molar-refractivity contribution >= 4 is 11.9 Å². The van der Waals surface area contributed by atoms with Crippen molar-refractivity contribution in [3.63, 3.8) is 0 Å². The lowest BCUT2D eigenvalue weighted by Crippen LogP contribution is -2.25. The molecule has 0 radical (unpaired) electrons. The first kappa shape index (κ1) is 40.7. The van der Waals surface area contributed by atoms with Crippen LogP contribution in [-0.4, -0.2) is 41.4 Å². The zero-order valence-corrected chi connectivity index (χ0v) is 28.5. The van der Waals surface area contributed by atoms with E-state index in [-0.39, 0.29) is 54.1 Å². The number of aliphatic carboxylic acids is 1. The lowest BCUT2D eigenvalue weighted by molar-refractivity contribution is -0.143. The minimum absolute atomic E-state index is 0.0335. The highest BCUT2D eigenvalue weighted by Crippen LogP contribution is 2.40. The molecule has 1 N–H and O–H groups in total. The van der Waals surface area contributed by atoms with Gasteiger partial charge in [-0.05, 0) is 85.0 Å². The lowest BCUT2D eigenvalue weighted by atomic mass is 9.93. The second-order valence-corrected chi connectivity index (χ2v) is 11.8. The highest BCUT2D eigenvalue weighted by Gasteiger charge is 2.37. The predicted octanol–water partition coefficient (Wildman–Crippen LogP) is 9.76. The van der Waals surface area contributed by atoms with E-state index in [0.29, 0.717) is 29.9 Å². The molecule has 1 aromatic heterocycles. The van der Waals surface area contributed by atoms with E-state index in [4.69, 9.17) is 19.3 Å². The zero-order valence-electron chi connectivity index (χ0n) is 28.5. The van der Waals surface area contributed by atoms with Crippen LogP contribution in [0.3, 0.4) is 0 Å². The normalized spacial score (nSPS) is 12.8. The summed E-state index contributed by atoms with van der Waals surface area (Å²) in [6.45, 7) is 2.63. The van der Waals surface area contributed by atoms with Gasteiger partial charge in [0.15, 0.2) is 5.75 Å². The van der Waals surface area contributed by atoms with Gasteiger partial charge in [-0.15, -0.1) is 0 Å². The Kier molecular flexibility index (Phi) is 12.9. The molecule has 0 saturated carbocycles. The molecule has 0 saturated heterocycles. The summed E-state index contributed by atoms with van der Waals surface area (Å²) in [6, 6.07) is 8.82. The highest BCUT2D eigenvalue weighted by molar-refractivity contribution is 5.75. The molecule has 286 valence electrons. The Morgan fingerprint density at radius 3 is 1.98 bits per heavy atom. The van der Waals surface area contributed by atoms with Gasteiger partial charge < -0.3 is 24.2 Å². The zero-order chi connectivity index (χ0) is 39.1. The van der Waals surface area contributed by atoms with Gasteiger partial charge in [-0.1, -0.05) is 12.1 Å². The maximum absolute atomic E-state index is 14.1. The Labute approximate surface area is 298 Å². The van der Waals surface area contributed by atoms with Gasteiger partial charge in [0.1, 0.15) is 5.75 Å². The Hall–Kier alpha value is -5.06. The van der Waals surface area contributed by atoms with Crippen molar-refractivity contribution in [1.82, 2.24) is 9.97 Å². The van der Waals surface area contributed by atoms with E-state index >= 15 is 0 Å². The topological polar surface area (TPSA) is 94.0 Å². The van der Waals surface area contributed by atoms with Crippen LogP contribution >= 0.6 is 0 Å². The summed E-state index contributed by atoms with van der Waals surface area (Å²) >= 11 is 0. The third-order valence-electron chi connectivity index (χ3n) is 7.92. The molecular formula is C36H34F9N3O5. The molecule has 3 aromatic carbocycles. The number of hydrogen-bond acceptors (Lipinski definition) is 7. The molecule has 0 fully saturated rings. The number of rotatable bonds is 15. The minimum atomic E-state index is -5.16. The molecule has 4 aromatic rings. The molecule has 0 aliphatic rings. The Bertz CT molecular complexity index is 1830. The van der Waals surface area contributed by atoms with Crippen molar-refractivity contribution in [2.45, 2.75) is 64.4 Å². The molecular weight excluding hydrogens is 725 g/mol. The van der Waals surface area contributed by atoms with E-state index in [1.807, 2.05) is 0 Å². The second-order valence-electron chi connectivity index (χ2n) is 11.8. The second kappa shape index (κ2) is 16.7. The third-order valence-corrected chi connectivity index (χ3v) is 7.92. The Balaban J connectivity index is 1.88. The summed E-state index contributed by atoms with van der Waals surface area (Å²) in [5.41, 5.74) is -3.57. The van der Waals surface area contributed by atoms with Crippen LogP contribution in [-0.2, 0) is 41.1 Å². The maximum atomic E-state index is 14.1. The number of methoxy groups -OCH3 is 1. The maximum Gasteiger partial charge on any atom is 0.416 e. The van der Waals surface area contributed by atoms with Crippen molar-refractivity contribution in [2.24, 2.45) is 0 Å². The average molecular weight is 760 g/mol. The van der Waals surface area contributed by atoms with E-state index < -0.39 is 65.9 Å². The van der Waals surface area contributed by atoms with Crippen molar-refractivity contribution in [3.05, 3.63) is 100 Å². The number of nitrogens with zero attached hydrogens (tertiary/aromatic N) is 3. The number of aromatic nitrogens is 2. The van der Waals surface area contributed by atoms with E-state index in [2.05, 4.69) is 9.97 Å². The number of benzene rings is 3. The molecule has 0 aliphatic heterocycles. The molecule has 53 heavy (non-hydrogen) atoms. The van der Waals surface area contributed by atoms with Crippen molar-refractivity contribution in [3.8, 4) is 22.6 Å². The van der Waals surface area contributed by atoms with Crippen LogP contribution in [0.25, 0.3) is 11.1 Å². The largest absolute Gasteiger partial charge is 0.496 e. The Morgan fingerprint density at radius 2 is 1.43 bits per heavy atom. The van der Waals surface area contributed by atoms with Gasteiger partial charge in [0.2, 0.25) is 5.95 Å². The monoisotopic (exact) mass is 759 g/mol. The van der Waals surface area contributed by atoms with Crippen molar-refractivity contribution in [1.29, 1.82) is 0 Å². The van der Waals surface area contributed by atoms with Gasteiger partial charge >= 0.3 is 24.5 Å². The number of carbonyl (C=O) groups is 1. The first-order valence-electron chi connectivity index (χ1n) is 16.0. The third kappa shape index (κ3) is 11.0. The molecule has 0 aliphatic carbocycles. The quantitative estimate of drug-likeness (QED) is 0.0947. The molecule has 0 amide bonds. The molecule has 1 atom stereocenters. The van der Waals surface area contributed by atoms with Gasteiger partial charge in [-0.2, -0.15) is 39.5 Å². The van der Waals surface area contributed by atoms with E-state index in [1.165, 1.54) is 13.2 Å². The fraction of sp³-hybridized carbons (Fsp3) is 0.361. The molecule has 8 nitrogen and oxygen atoms in total. The molecule has 4 rings (SSSR count). The van der Waals surface area contributed by atoms with Gasteiger partial charge in [0, 0.05) is 31.7 Å². The van der Waals surface area contributed by atoms with Crippen molar-refractivity contribution < 1.29 is 63.6 Å². The van der Waals surface area contributed by atoms with Crippen LogP contribution in [0.5, 0.6) is 11.5 Å². The number of halogens is 9. The SMILES string of the molecule is CCOC(C)c1ccc(OC)c(-c2ccc(C(F)(F)F)cc2CN(Cc2cc(C(F)(F)F)cc(C(F)(F)F)c2)c2ncc(OCCCC(=O)O)cn2)c1.